The number of carbonyl (C=O) groups excluding carboxylic acids is 1. The van der Waals surface area contributed by atoms with Crippen molar-refractivity contribution in [3.63, 3.8) is 0 Å². The van der Waals surface area contributed by atoms with E-state index in [0.29, 0.717) is 12.1 Å². The van der Waals surface area contributed by atoms with Gasteiger partial charge >= 0.3 is 0 Å². The normalized spacial score (nSPS) is 15.6. The number of hydrogen-bond donors (Lipinski definition) is 2. The number of amides is 1. The number of nitrogens with one attached hydrogen (secondary N) is 1. The number of methoxy groups -OCH3 is 1. The first-order chi connectivity index (χ1) is 10.1. The van der Waals surface area contributed by atoms with Crippen LogP contribution in [0.15, 0.2) is 18.2 Å². The van der Waals surface area contributed by atoms with Crippen molar-refractivity contribution in [2.75, 3.05) is 19.0 Å². The SMILES string of the molecule is COC1(CC(=O)Nc2ccc(C#CCN)c(F)c2)CCC1. The molecule has 4 nitrogen and oxygen atoms in total. The molecule has 112 valence electrons. The fourth-order valence-electron chi connectivity index (χ4n) is 2.36. The Labute approximate surface area is 123 Å². The van der Waals surface area contributed by atoms with Crippen LogP contribution < -0.4 is 11.1 Å². The molecule has 1 amide bonds. The van der Waals surface area contributed by atoms with Crippen molar-refractivity contribution >= 4 is 11.6 Å². The maximum atomic E-state index is 13.8. The smallest absolute Gasteiger partial charge is 0.227 e. The van der Waals surface area contributed by atoms with Crippen molar-refractivity contribution in [1.82, 2.24) is 0 Å². The summed E-state index contributed by atoms with van der Waals surface area (Å²) in [5, 5.41) is 2.69. The standard InChI is InChI=1S/C16H19FN2O2/c1-21-16(7-3-8-16)11-15(20)19-13-6-5-12(4-2-9-18)14(17)10-13/h5-6,10H,3,7-9,11,18H2,1H3,(H,19,20). The lowest BCUT2D eigenvalue weighted by Gasteiger charge is -2.39. The average Bonchev–Trinajstić information content (AvgIpc) is 2.42. The van der Waals surface area contributed by atoms with E-state index in [9.17, 15) is 9.18 Å². The van der Waals surface area contributed by atoms with E-state index >= 15 is 0 Å². The van der Waals surface area contributed by atoms with Crippen LogP contribution in [-0.2, 0) is 9.53 Å². The Morgan fingerprint density at radius 2 is 2.29 bits per heavy atom. The Morgan fingerprint density at radius 3 is 2.81 bits per heavy atom. The molecule has 1 fully saturated rings. The van der Waals surface area contributed by atoms with Crippen molar-refractivity contribution in [2.45, 2.75) is 31.3 Å². The molecule has 5 heteroatoms. The minimum absolute atomic E-state index is 0.170. The molecule has 0 saturated heterocycles. The van der Waals surface area contributed by atoms with Crippen molar-refractivity contribution in [3.8, 4) is 11.8 Å². The average molecular weight is 290 g/mol. The summed E-state index contributed by atoms with van der Waals surface area (Å²) >= 11 is 0. The van der Waals surface area contributed by atoms with Gasteiger partial charge in [0, 0.05) is 12.8 Å². The van der Waals surface area contributed by atoms with Gasteiger partial charge in [0.15, 0.2) is 0 Å². The Balaban J connectivity index is 1.99. The van der Waals surface area contributed by atoms with Crippen LogP contribution in [0.5, 0.6) is 0 Å². The van der Waals surface area contributed by atoms with Gasteiger partial charge in [0.25, 0.3) is 0 Å². The minimum atomic E-state index is -0.473. The molecule has 1 aromatic rings. The molecular weight excluding hydrogens is 271 g/mol. The van der Waals surface area contributed by atoms with Crippen LogP contribution in [0.1, 0.15) is 31.2 Å². The van der Waals surface area contributed by atoms with Gasteiger partial charge in [-0.15, -0.1) is 0 Å². The van der Waals surface area contributed by atoms with Crippen LogP contribution in [0.2, 0.25) is 0 Å². The van der Waals surface area contributed by atoms with Gasteiger partial charge in [0.1, 0.15) is 5.82 Å². The maximum Gasteiger partial charge on any atom is 0.227 e. The van der Waals surface area contributed by atoms with Gasteiger partial charge in [-0.1, -0.05) is 11.8 Å². The van der Waals surface area contributed by atoms with E-state index in [1.54, 1.807) is 13.2 Å². The van der Waals surface area contributed by atoms with Gasteiger partial charge in [-0.05, 0) is 37.5 Å². The fraction of sp³-hybridized carbons (Fsp3) is 0.438. The van der Waals surface area contributed by atoms with Gasteiger partial charge in [-0.25, -0.2) is 4.39 Å². The quantitative estimate of drug-likeness (QED) is 0.834. The number of nitrogens with two attached hydrogens (primary N) is 1. The first-order valence-corrected chi connectivity index (χ1v) is 6.92. The van der Waals surface area contributed by atoms with Crippen LogP contribution >= 0.6 is 0 Å². The van der Waals surface area contributed by atoms with E-state index in [1.165, 1.54) is 12.1 Å². The van der Waals surface area contributed by atoms with Crippen molar-refractivity contribution < 1.29 is 13.9 Å². The molecule has 0 aromatic heterocycles. The molecule has 0 atom stereocenters. The molecule has 0 bridgehead atoms. The lowest BCUT2D eigenvalue weighted by Crippen LogP contribution is -2.42. The van der Waals surface area contributed by atoms with Crippen LogP contribution in [0.25, 0.3) is 0 Å². The fourth-order valence-corrected chi connectivity index (χ4v) is 2.36. The van der Waals surface area contributed by atoms with E-state index in [0.717, 1.165) is 19.3 Å². The van der Waals surface area contributed by atoms with Gasteiger partial charge in [-0.3, -0.25) is 4.79 Å². The Morgan fingerprint density at radius 1 is 1.52 bits per heavy atom. The summed E-state index contributed by atoms with van der Waals surface area (Å²) in [7, 11) is 1.62. The zero-order valence-corrected chi connectivity index (χ0v) is 12.0. The molecule has 1 aliphatic rings. The molecule has 0 spiro atoms. The van der Waals surface area contributed by atoms with Crippen molar-refractivity contribution in [1.29, 1.82) is 0 Å². The molecule has 1 aliphatic carbocycles. The minimum Gasteiger partial charge on any atom is -0.378 e. The van der Waals surface area contributed by atoms with E-state index in [1.807, 2.05) is 0 Å². The lowest BCUT2D eigenvalue weighted by molar-refractivity contribution is -0.129. The third-order valence-electron chi connectivity index (χ3n) is 3.76. The van der Waals surface area contributed by atoms with Crippen LogP contribution in [-0.4, -0.2) is 25.2 Å². The van der Waals surface area contributed by atoms with Gasteiger partial charge in [-0.2, -0.15) is 0 Å². The molecule has 21 heavy (non-hydrogen) atoms. The highest BCUT2D eigenvalue weighted by Crippen LogP contribution is 2.38. The molecule has 0 heterocycles. The molecule has 1 aromatic carbocycles. The number of hydrogen-bond acceptors (Lipinski definition) is 3. The molecular formula is C16H19FN2O2. The maximum absolute atomic E-state index is 13.8. The Hall–Kier alpha value is -1.90. The van der Waals surface area contributed by atoms with E-state index < -0.39 is 5.82 Å². The lowest BCUT2D eigenvalue weighted by atomic mass is 9.77. The van der Waals surface area contributed by atoms with Crippen LogP contribution in [0.3, 0.4) is 0 Å². The monoisotopic (exact) mass is 290 g/mol. The van der Waals surface area contributed by atoms with E-state index in [2.05, 4.69) is 17.2 Å². The number of rotatable bonds is 4. The van der Waals surface area contributed by atoms with Crippen LogP contribution in [0.4, 0.5) is 10.1 Å². The van der Waals surface area contributed by atoms with Crippen LogP contribution in [0, 0.1) is 17.7 Å². The van der Waals surface area contributed by atoms with Gasteiger partial charge in [0.05, 0.1) is 24.1 Å². The molecule has 1 saturated carbocycles. The molecule has 2 rings (SSSR count). The van der Waals surface area contributed by atoms with E-state index in [4.69, 9.17) is 10.5 Å². The number of anilines is 1. The second-order valence-corrected chi connectivity index (χ2v) is 5.17. The zero-order valence-electron chi connectivity index (χ0n) is 12.0. The predicted molar refractivity (Wildman–Crippen MR) is 79.2 cm³/mol. The molecule has 0 radical (unpaired) electrons. The zero-order chi connectivity index (χ0) is 15.3. The number of ether oxygens (including phenoxy) is 1. The molecule has 0 aliphatic heterocycles. The number of halogens is 1. The molecule has 3 N–H and O–H groups in total. The summed E-state index contributed by atoms with van der Waals surface area (Å²) in [6.45, 7) is 0.178. The highest BCUT2D eigenvalue weighted by atomic mass is 19.1. The highest BCUT2D eigenvalue weighted by molar-refractivity contribution is 5.91. The predicted octanol–water partition coefficient (Wildman–Crippen LogP) is 2.03. The summed E-state index contributed by atoms with van der Waals surface area (Å²) in [5.74, 6) is 4.59. The van der Waals surface area contributed by atoms with Gasteiger partial charge < -0.3 is 15.8 Å². The Bertz CT molecular complexity index is 580. The summed E-state index contributed by atoms with van der Waals surface area (Å²) in [4.78, 5) is 12.0. The van der Waals surface area contributed by atoms with E-state index in [-0.39, 0.29) is 23.6 Å². The van der Waals surface area contributed by atoms with Crippen molar-refractivity contribution in [3.05, 3.63) is 29.6 Å². The first-order valence-electron chi connectivity index (χ1n) is 6.92. The first kappa shape index (κ1) is 15.5. The third kappa shape index (κ3) is 3.81. The third-order valence-corrected chi connectivity index (χ3v) is 3.76. The highest BCUT2D eigenvalue weighted by Gasteiger charge is 2.38. The summed E-state index contributed by atoms with van der Waals surface area (Å²) in [6.07, 6.45) is 3.14. The number of benzene rings is 1. The second kappa shape index (κ2) is 6.70. The topological polar surface area (TPSA) is 64.3 Å². The number of carbonyl (C=O) groups is 1. The second-order valence-electron chi connectivity index (χ2n) is 5.17. The summed E-state index contributed by atoms with van der Waals surface area (Å²) in [6, 6.07) is 4.42. The van der Waals surface area contributed by atoms with Gasteiger partial charge in [0.2, 0.25) is 5.91 Å². The Kier molecular flexibility index (Phi) is 4.94. The molecule has 0 unspecified atom stereocenters. The van der Waals surface area contributed by atoms with Crippen molar-refractivity contribution in [2.24, 2.45) is 5.73 Å². The summed E-state index contributed by atoms with van der Waals surface area (Å²) < 4.78 is 19.2. The summed E-state index contributed by atoms with van der Waals surface area (Å²) in [5.41, 5.74) is 5.60. The largest absolute Gasteiger partial charge is 0.378 e.